The summed E-state index contributed by atoms with van der Waals surface area (Å²) in [6.07, 6.45) is -0.309. The van der Waals surface area contributed by atoms with E-state index in [2.05, 4.69) is 0 Å². The minimum absolute atomic E-state index is 0.309. The van der Waals surface area contributed by atoms with E-state index in [0.717, 1.165) is 16.7 Å². The molecule has 0 spiro atoms. The third-order valence-corrected chi connectivity index (χ3v) is 6.07. The van der Waals surface area contributed by atoms with E-state index in [1.807, 2.05) is 39.0 Å². The molecule has 1 unspecified atom stereocenters. The molecule has 0 aliphatic heterocycles. The zero-order chi connectivity index (χ0) is 17.2. The van der Waals surface area contributed by atoms with Crippen LogP contribution in [0.15, 0.2) is 42.5 Å². The van der Waals surface area contributed by atoms with Crippen LogP contribution in [-0.2, 0) is 9.09 Å². The van der Waals surface area contributed by atoms with Crippen molar-refractivity contribution < 1.29 is 13.9 Å². The Morgan fingerprint density at radius 1 is 1.00 bits per heavy atom. The van der Waals surface area contributed by atoms with E-state index in [-0.39, 0.29) is 6.10 Å². The summed E-state index contributed by atoms with van der Waals surface area (Å²) in [5.74, 6) is 0. The number of carbonyl (C=O) groups is 1. The average Bonchev–Trinajstić information content (AvgIpc) is 2.46. The Bertz CT molecular complexity index is 740. The molecule has 1 atom stereocenters. The highest BCUT2D eigenvalue weighted by molar-refractivity contribution is 7.83. The first-order valence-electron chi connectivity index (χ1n) is 7.72. The van der Waals surface area contributed by atoms with Gasteiger partial charge in [-0.25, -0.2) is 0 Å². The van der Waals surface area contributed by atoms with Crippen LogP contribution in [0.3, 0.4) is 0 Å². The molecule has 0 saturated carbocycles. The number of aryl methyl sites for hydroxylation is 3. The summed E-state index contributed by atoms with van der Waals surface area (Å²) in [6, 6.07) is 12.6. The van der Waals surface area contributed by atoms with Crippen molar-refractivity contribution in [1.29, 1.82) is 0 Å². The third kappa shape index (κ3) is 3.63. The summed E-state index contributed by atoms with van der Waals surface area (Å²) in [5.41, 5.74) is 2.82. The minimum atomic E-state index is -3.65. The van der Waals surface area contributed by atoms with Gasteiger partial charge in [-0.15, -0.1) is 0 Å². The van der Waals surface area contributed by atoms with Crippen molar-refractivity contribution >= 4 is 18.2 Å². The van der Waals surface area contributed by atoms with E-state index >= 15 is 0 Å². The topological polar surface area (TPSA) is 43.4 Å². The van der Waals surface area contributed by atoms with Crippen LogP contribution in [0.2, 0.25) is 0 Å². The van der Waals surface area contributed by atoms with Gasteiger partial charge in [0.2, 0.25) is 0 Å². The first-order chi connectivity index (χ1) is 10.8. The minimum Gasteiger partial charge on any atom is -0.317 e. The van der Waals surface area contributed by atoms with Crippen LogP contribution in [0.4, 0.5) is 0 Å². The predicted octanol–water partition coefficient (Wildman–Crippen LogP) is 4.78. The summed E-state index contributed by atoms with van der Waals surface area (Å²) in [7, 11) is -3.65. The van der Waals surface area contributed by atoms with Crippen molar-refractivity contribution in [3.05, 3.63) is 64.7 Å². The molecular formula is C19H23O3P. The molecule has 3 nitrogen and oxygen atoms in total. The maximum absolute atomic E-state index is 13.5. The van der Waals surface area contributed by atoms with E-state index in [0.29, 0.717) is 10.9 Å². The van der Waals surface area contributed by atoms with Gasteiger partial charge in [-0.3, -0.25) is 9.36 Å². The lowest BCUT2D eigenvalue weighted by Crippen LogP contribution is -2.19. The molecule has 23 heavy (non-hydrogen) atoms. The van der Waals surface area contributed by atoms with Crippen molar-refractivity contribution in [2.75, 3.05) is 0 Å². The normalized spacial score (nSPS) is 13.8. The van der Waals surface area contributed by atoms with Crippen LogP contribution in [0, 0.1) is 20.8 Å². The molecule has 0 fully saturated rings. The Morgan fingerprint density at radius 3 is 2.00 bits per heavy atom. The zero-order valence-electron chi connectivity index (χ0n) is 14.3. The molecule has 0 heterocycles. The largest absolute Gasteiger partial charge is 0.317 e. The van der Waals surface area contributed by atoms with Crippen LogP contribution in [-0.4, -0.2) is 11.6 Å². The Balaban J connectivity index is 2.62. The van der Waals surface area contributed by atoms with Gasteiger partial charge in [0.25, 0.3) is 5.52 Å². The molecule has 0 amide bonds. The number of hydrogen-bond acceptors (Lipinski definition) is 3. The summed E-state index contributed by atoms with van der Waals surface area (Å²) < 4.78 is 19.2. The van der Waals surface area contributed by atoms with Gasteiger partial charge < -0.3 is 4.52 Å². The summed E-state index contributed by atoms with van der Waals surface area (Å²) in [6.45, 7) is 9.31. The van der Waals surface area contributed by atoms with Gasteiger partial charge in [-0.05, 0) is 57.9 Å². The van der Waals surface area contributed by atoms with Gasteiger partial charge in [-0.1, -0.05) is 35.9 Å². The SMILES string of the molecule is Cc1cc(C)c(C(=O)P(=O)(OC(C)C)c2ccccc2)c(C)c1. The van der Waals surface area contributed by atoms with Gasteiger partial charge in [-0.2, -0.15) is 0 Å². The Labute approximate surface area is 138 Å². The lowest BCUT2D eigenvalue weighted by Gasteiger charge is -2.22. The maximum Gasteiger partial charge on any atom is 0.301 e. The molecule has 0 N–H and O–H groups in total. The average molecular weight is 330 g/mol. The molecule has 0 aliphatic carbocycles. The Hall–Kier alpha value is -1.70. The van der Waals surface area contributed by atoms with Gasteiger partial charge in [0.1, 0.15) is 0 Å². The summed E-state index contributed by atoms with van der Waals surface area (Å²) in [5, 5.41) is 0.443. The number of rotatable bonds is 5. The number of benzene rings is 2. The number of hydrogen-bond donors (Lipinski definition) is 0. The maximum atomic E-state index is 13.5. The molecule has 0 bridgehead atoms. The van der Waals surface area contributed by atoms with Crippen molar-refractivity contribution in [3.63, 3.8) is 0 Å². The first-order valence-corrected chi connectivity index (χ1v) is 9.35. The smallest absolute Gasteiger partial charge is 0.301 e. The first kappa shape index (κ1) is 17.7. The van der Waals surface area contributed by atoms with Crippen LogP contribution >= 0.6 is 7.37 Å². The van der Waals surface area contributed by atoms with Crippen LogP contribution in [0.1, 0.15) is 40.9 Å². The lowest BCUT2D eigenvalue weighted by molar-refractivity contribution is 0.104. The van der Waals surface area contributed by atoms with E-state index in [1.165, 1.54) is 0 Å². The van der Waals surface area contributed by atoms with Crippen LogP contribution in [0.25, 0.3) is 0 Å². The molecule has 2 aromatic carbocycles. The second kappa shape index (κ2) is 6.82. The van der Waals surface area contributed by atoms with Crippen molar-refractivity contribution in [1.82, 2.24) is 0 Å². The van der Waals surface area contributed by atoms with Gasteiger partial charge >= 0.3 is 7.37 Å². The number of carbonyl (C=O) groups excluding carboxylic acids is 1. The van der Waals surface area contributed by atoms with Crippen LogP contribution < -0.4 is 5.30 Å². The quantitative estimate of drug-likeness (QED) is 0.741. The van der Waals surface area contributed by atoms with E-state index in [4.69, 9.17) is 4.52 Å². The molecule has 0 saturated heterocycles. The monoisotopic (exact) mass is 330 g/mol. The van der Waals surface area contributed by atoms with Crippen molar-refractivity contribution in [2.45, 2.75) is 40.7 Å². The van der Waals surface area contributed by atoms with E-state index in [9.17, 15) is 9.36 Å². The molecule has 0 aliphatic rings. The molecule has 4 heteroatoms. The summed E-state index contributed by atoms with van der Waals surface area (Å²) >= 11 is 0. The molecule has 2 aromatic rings. The molecule has 2 rings (SSSR count). The third-order valence-electron chi connectivity index (χ3n) is 3.61. The molecule has 122 valence electrons. The van der Waals surface area contributed by atoms with Gasteiger partial charge in [0.05, 0.1) is 6.10 Å². The highest BCUT2D eigenvalue weighted by Gasteiger charge is 2.38. The molecular weight excluding hydrogens is 307 g/mol. The predicted molar refractivity (Wildman–Crippen MR) is 94.9 cm³/mol. The second-order valence-electron chi connectivity index (χ2n) is 6.12. The van der Waals surface area contributed by atoms with E-state index < -0.39 is 12.9 Å². The second-order valence-corrected chi connectivity index (χ2v) is 8.36. The van der Waals surface area contributed by atoms with E-state index in [1.54, 1.807) is 38.1 Å². The van der Waals surface area contributed by atoms with Gasteiger partial charge in [0, 0.05) is 10.9 Å². The molecule has 0 aromatic heterocycles. The van der Waals surface area contributed by atoms with Crippen LogP contribution in [0.5, 0.6) is 0 Å². The standard InChI is InChI=1S/C19H23O3P/c1-13(2)22-23(21,17-9-7-6-8-10-17)19(20)18-15(4)11-14(3)12-16(18)5/h6-13H,1-5H3. The highest BCUT2D eigenvalue weighted by atomic mass is 31.2. The fourth-order valence-electron chi connectivity index (χ4n) is 2.81. The highest BCUT2D eigenvalue weighted by Crippen LogP contribution is 2.51. The Kier molecular flexibility index (Phi) is 5.23. The van der Waals surface area contributed by atoms with Crippen molar-refractivity contribution in [3.8, 4) is 0 Å². The zero-order valence-corrected chi connectivity index (χ0v) is 15.2. The molecule has 0 radical (unpaired) electrons. The van der Waals surface area contributed by atoms with Crippen molar-refractivity contribution in [2.24, 2.45) is 0 Å². The fraction of sp³-hybridized carbons (Fsp3) is 0.316. The fourth-order valence-corrected chi connectivity index (χ4v) is 5.07. The lowest BCUT2D eigenvalue weighted by atomic mass is 10.0. The van der Waals surface area contributed by atoms with Gasteiger partial charge in [0.15, 0.2) is 0 Å². The Morgan fingerprint density at radius 2 is 1.52 bits per heavy atom. The summed E-state index contributed by atoms with van der Waals surface area (Å²) in [4.78, 5) is 13.2.